The molecule has 0 aromatic heterocycles. The van der Waals surface area contributed by atoms with Gasteiger partial charge in [0.25, 0.3) is 0 Å². The van der Waals surface area contributed by atoms with E-state index in [0.717, 1.165) is 19.0 Å². The molecule has 4 nitrogen and oxygen atoms in total. The Hall–Kier alpha value is -0.610. The second kappa shape index (κ2) is 6.21. The summed E-state index contributed by atoms with van der Waals surface area (Å²) < 4.78 is 0. The average Bonchev–Trinajstić information content (AvgIpc) is 3.06. The molecule has 1 rings (SSSR count). The lowest BCUT2D eigenvalue weighted by molar-refractivity contribution is -0.129. The highest BCUT2D eigenvalue weighted by Crippen LogP contribution is 2.30. The van der Waals surface area contributed by atoms with Crippen molar-refractivity contribution in [2.75, 3.05) is 33.7 Å². The smallest absolute Gasteiger partial charge is 0.223 e. The van der Waals surface area contributed by atoms with Crippen LogP contribution in [0.15, 0.2) is 0 Å². The molecule has 0 radical (unpaired) electrons. The molecule has 1 saturated carbocycles. The van der Waals surface area contributed by atoms with Crippen LogP contribution in [0.2, 0.25) is 0 Å². The van der Waals surface area contributed by atoms with Crippen molar-refractivity contribution in [2.24, 2.45) is 11.7 Å². The predicted octanol–water partition coefficient (Wildman–Crippen LogP) is 0.524. The minimum atomic E-state index is 0.171. The fourth-order valence-electron chi connectivity index (χ4n) is 1.91. The molecule has 1 amide bonds. The van der Waals surface area contributed by atoms with Gasteiger partial charge in [-0.3, -0.25) is 9.69 Å². The van der Waals surface area contributed by atoms with Crippen molar-refractivity contribution in [3.63, 3.8) is 0 Å². The number of nitrogens with zero attached hydrogens (tertiary/aromatic N) is 2. The minimum absolute atomic E-state index is 0.171. The maximum atomic E-state index is 11.7. The second-order valence-electron chi connectivity index (χ2n) is 4.91. The number of hydrogen-bond acceptors (Lipinski definition) is 3. The van der Waals surface area contributed by atoms with E-state index in [9.17, 15) is 4.79 Å². The monoisotopic (exact) mass is 227 g/mol. The lowest BCUT2D eigenvalue weighted by atomic mass is 10.1. The zero-order valence-corrected chi connectivity index (χ0v) is 10.8. The van der Waals surface area contributed by atoms with Crippen LogP contribution in [0.5, 0.6) is 0 Å². The third-order valence-corrected chi connectivity index (χ3v) is 3.29. The van der Waals surface area contributed by atoms with Crippen molar-refractivity contribution in [1.82, 2.24) is 9.80 Å². The van der Waals surface area contributed by atoms with Crippen LogP contribution in [0.3, 0.4) is 0 Å². The highest BCUT2D eigenvalue weighted by molar-refractivity contribution is 5.76. The molecule has 0 aliphatic heterocycles. The third-order valence-electron chi connectivity index (χ3n) is 3.29. The van der Waals surface area contributed by atoms with Gasteiger partial charge in [0, 0.05) is 39.6 Å². The number of hydrogen-bond donors (Lipinski definition) is 1. The fraction of sp³-hybridized carbons (Fsp3) is 0.917. The van der Waals surface area contributed by atoms with Crippen LogP contribution in [-0.4, -0.2) is 55.5 Å². The van der Waals surface area contributed by atoms with E-state index < -0.39 is 0 Å². The van der Waals surface area contributed by atoms with Gasteiger partial charge < -0.3 is 10.6 Å². The van der Waals surface area contributed by atoms with E-state index in [1.54, 1.807) is 19.0 Å². The normalized spacial score (nSPS) is 17.6. The molecule has 1 atom stereocenters. The summed E-state index contributed by atoms with van der Waals surface area (Å²) in [5.74, 6) is 1.02. The Morgan fingerprint density at radius 1 is 1.44 bits per heavy atom. The molecule has 0 aromatic carbocycles. The van der Waals surface area contributed by atoms with Crippen LogP contribution >= 0.6 is 0 Å². The summed E-state index contributed by atoms with van der Waals surface area (Å²) in [7, 11) is 3.60. The molecule has 0 saturated heterocycles. The van der Waals surface area contributed by atoms with Crippen molar-refractivity contribution in [3.8, 4) is 0 Å². The Bertz CT molecular complexity index is 226. The highest BCUT2D eigenvalue weighted by Gasteiger charge is 2.27. The van der Waals surface area contributed by atoms with Gasteiger partial charge in [-0.2, -0.15) is 0 Å². The van der Waals surface area contributed by atoms with Crippen LogP contribution in [0.25, 0.3) is 0 Å². The van der Waals surface area contributed by atoms with Gasteiger partial charge in [0.15, 0.2) is 0 Å². The molecule has 0 heterocycles. The Labute approximate surface area is 98.8 Å². The van der Waals surface area contributed by atoms with Crippen molar-refractivity contribution in [2.45, 2.75) is 32.2 Å². The van der Waals surface area contributed by atoms with Crippen LogP contribution in [-0.2, 0) is 4.79 Å². The van der Waals surface area contributed by atoms with Crippen LogP contribution in [0.1, 0.15) is 26.2 Å². The van der Waals surface area contributed by atoms with Gasteiger partial charge in [-0.1, -0.05) is 6.92 Å². The number of carbonyl (C=O) groups is 1. The molecule has 1 aliphatic rings. The molecule has 0 aromatic rings. The van der Waals surface area contributed by atoms with Crippen molar-refractivity contribution < 1.29 is 4.79 Å². The Morgan fingerprint density at radius 3 is 2.44 bits per heavy atom. The number of amides is 1. The summed E-state index contributed by atoms with van der Waals surface area (Å²) >= 11 is 0. The topological polar surface area (TPSA) is 49.6 Å². The third kappa shape index (κ3) is 4.10. The molecule has 1 aliphatic carbocycles. The Morgan fingerprint density at radius 2 is 2.06 bits per heavy atom. The highest BCUT2D eigenvalue weighted by atomic mass is 16.2. The molecule has 2 N–H and O–H groups in total. The number of likely N-dealkylation sites (N-methyl/N-ethyl adjacent to an activating group) is 1. The first-order chi connectivity index (χ1) is 7.58. The summed E-state index contributed by atoms with van der Waals surface area (Å²) in [4.78, 5) is 15.7. The van der Waals surface area contributed by atoms with Crippen LogP contribution in [0.4, 0.5) is 0 Å². The average molecular weight is 227 g/mol. The van der Waals surface area contributed by atoms with E-state index in [0.29, 0.717) is 13.0 Å². The molecule has 1 unspecified atom stereocenters. The number of rotatable bonds is 7. The summed E-state index contributed by atoms with van der Waals surface area (Å²) in [5, 5.41) is 0. The predicted molar refractivity (Wildman–Crippen MR) is 66.1 cm³/mol. The van der Waals surface area contributed by atoms with Gasteiger partial charge in [-0.25, -0.2) is 0 Å². The first-order valence-corrected chi connectivity index (χ1v) is 6.22. The first kappa shape index (κ1) is 13.5. The SMILES string of the molecule is CCN(CC1CC1)C(CN)CC(=O)N(C)C. The Balaban J connectivity index is 2.45. The quantitative estimate of drug-likeness (QED) is 0.690. The molecule has 4 heteroatoms. The number of carbonyl (C=O) groups excluding carboxylic acids is 1. The second-order valence-corrected chi connectivity index (χ2v) is 4.91. The van der Waals surface area contributed by atoms with Crippen molar-refractivity contribution in [1.29, 1.82) is 0 Å². The van der Waals surface area contributed by atoms with Gasteiger partial charge in [0.05, 0.1) is 0 Å². The molecule has 16 heavy (non-hydrogen) atoms. The minimum Gasteiger partial charge on any atom is -0.349 e. The van der Waals surface area contributed by atoms with E-state index >= 15 is 0 Å². The summed E-state index contributed by atoms with van der Waals surface area (Å²) in [6.45, 7) is 4.81. The van der Waals surface area contributed by atoms with Crippen molar-refractivity contribution in [3.05, 3.63) is 0 Å². The van der Waals surface area contributed by atoms with Gasteiger partial charge in [0.2, 0.25) is 5.91 Å². The number of nitrogens with two attached hydrogens (primary N) is 1. The molecule has 94 valence electrons. The van der Waals surface area contributed by atoms with Gasteiger partial charge in [-0.15, -0.1) is 0 Å². The standard InChI is InChI=1S/C12H25N3O/c1-4-15(9-10-5-6-10)11(8-13)7-12(16)14(2)3/h10-11H,4-9,13H2,1-3H3. The van der Waals surface area contributed by atoms with E-state index in [1.165, 1.54) is 12.8 Å². The van der Waals surface area contributed by atoms with Crippen LogP contribution in [0, 0.1) is 5.92 Å². The molecular formula is C12H25N3O. The largest absolute Gasteiger partial charge is 0.349 e. The lowest BCUT2D eigenvalue weighted by Crippen LogP contribution is -2.44. The maximum absolute atomic E-state index is 11.7. The zero-order chi connectivity index (χ0) is 12.1. The Kier molecular flexibility index (Phi) is 5.22. The van der Waals surface area contributed by atoms with Gasteiger partial charge in [-0.05, 0) is 25.3 Å². The van der Waals surface area contributed by atoms with E-state index in [2.05, 4.69) is 11.8 Å². The van der Waals surface area contributed by atoms with E-state index in [4.69, 9.17) is 5.73 Å². The fourth-order valence-corrected chi connectivity index (χ4v) is 1.91. The summed E-state index contributed by atoms with van der Waals surface area (Å²) in [6, 6.07) is 0.209. The summed E-state index contributed by atoms with van der Waals surface area (Å²) in [5.41, 5.74) is 5.78. The van der Waals surface area contributed by atoms with Crippen molar-refractivity contribution >= 4 is 5.91 Å². The van der Waals surface area contributed by atoms with E-state index in [1.807, 2.05) is 0 Å². The zero-order valence-electron chi connectivity index (χ0n) is 10.8. The molecule has 0 spiro atoms. The maximum Gasteiger partial charge on any atom is 0.223 e. The summed E-state index contributed by atoms with van der Waals surface area (Å²) in [6.07, 6.45) is 3.23. The molecule has 1 fully saturated rings. The molecular weight excluding hydrogens is 202 g/mol. The van der Waals surface area contributed by atoms with Gasteiger partial charge in [0.1, 0.15) is 0 Å². The van der Waals surface area contributed by atoms with E-state index in [-0.39, 0.29) is 11.9 Å². The van der Waals surface area contributed by atoms with Crippen LogP contribution < -0.4 is 5.73 Å². The molecule has 0 bridgehead atoms. The lowest BCUT2D eigenvalue weighted by Gasteiger charge is -2.30. The van der Waals surface area contributed by atoms with Gasteiger partial charge >= 0.3 is 0 Å². The first-order valence-electron chi connectivity index (χ1n) is 6.22.